The molecule has 7 nitrogen and oxygen atoms in total. The highest BCUT2D eigenvalue weighted by molar-refractivity contribution is 6.05. The van der Waals surface area contributed by atoms with Crippen molar-refractivity contribution in [2.75, 3.05) is 17.2 Å². The van der Waals surface area contributed by atoms with Crippen molar-refractivity contribution < 1.29 is 14.3 Å². The minimum Gasteiger partial charge on any atom is -0.368 e. The van der Waals surface area contributed by atoms with Crippen molar-refractivity contribution >= 4 is 23.2 Å². The Morgan fingerprint density at radius 3 is 2.69 bits per heavy atom. The summed E-state index contributed by atoms with van der Waals surface area (Å²) in [6.07, 6.45) is 6.58. The molecule has 2 amide bonds. The molecular weight excluding hydrogens is 368 g/mol. The molecule has 0 spiro atoms. The Balaban J connectivity index is 1.41. The highest BCUT2D eigenvalue weighted by Crippen LogP contribution is 2.18. The molecule has 4 rings (SSSR count). The van der Waals surface area contributed by atoms with Gasteiger partial charge in [0, 0.05) is 42.5 Å². The van der Waals surface area contributed by atoms with Gasteiger partial charge in [-0.25, -0.2) is 4.98 Å². The molecule has 1 unspecified atom stereocenters. The van der Waals surface area contributed by atoms with E-state index in [1.165, 1.54) is 0 Å². The lowest BCUT2D eigenvalue weighted by Gasteiger charge is -2.12. The van der Waals surface area contributed by atoms with E-state index in [0.717, 1.165) is 18.4 Å². The zero-order chi connectivity index (χ0) is 20.1. The highest BCUT2D eigenvalue weighted by atomic mass is 16.5. The first-order valence-electron chi connectivity index (χ1n) is 9.56. The van der Waals surface area contributed by atoms with Gasteiger partial charge < -0.3 is 19.9 Å². The number of nitrogens with zero attached hydrogens (tertiary/aromatic N) is 2. The maximum atomic E-state index is 12.7. The van der Waals surface area contributed by atoms with Crippen LogP contribution in [0.15, 0.2) is 67.3 Å². The van der Waals surface area contributed by atoms with Gasteiger partial charge in [0.15, 0.2) is 0 Å². The van der Waals surface area contributed by atoms with E-state index in [1.807, 2.05) is 35.0 Å². The summed E-state index contributed by atoms with van der Waals surface area (Å²) >= 11 is 0. The number of carbonyl (C=O) groups is 2. The molecule has 7 heteroatoms. The number of carbonyl (C=O) groups excluding carboxylic acids is 2. The molecule has 1 fully saturated rings. The fourth-order valence-corrected chi connectivity index (χ4v) is 3.29. The summed E-state index contributed by atoms with van der Waals surface area (Å²) in [5.74, 6) is -0.412. The largest absolute Gasteiger partial charge is 0.368 e. The minimum absolute atomic E-state index is 0.174. The summed E-state index contributed by atoms with van der Waals surface area (Å²) in [6.45, 7) is 1.29. The molecule has 1 aliphatic heterocycles. The van der Waals surface area contributed by atoms with E-state index < -0.39 is 6.10 Å². The number of anilines is 2. The maximum Gasteiger partial charge on any atom is 0.255 e. The molecule has 0 saturated carbocycles. The van der Waals surface area contributed by atoms with Crippen LogP contribution < -0.4 is 10.6 Å². The van der Waals surface area contributed by atoms with E-state index in [4.69, 9.17) is 4.74 Å². The van der Waals surface area contributed by atoms with Gasteiger partial charge in [-0.3, -0.25) is 9.59 Å². The van der Waals surface area contributed by atoms with Gasteiger partial charge in [0.1, 0.15) is 6.10 Å². The molecule has 0 aliphatic carbocycles. The summed E-state index contributed by atoms with van der Waals surface area (Å²) in [4.78, 5) is 28.9. The van der Waals surface area contributed by atoms with E-state index in [0.29, 0.717) is 30.1 Å². The number of hydrogen-bond acceptors (Lipinski definition) is 4. The zero-order valence-corrected chi connectivity index (χ0v) is 15.9. The predicted molar refractivity (Wildman–Crippen MR) is 110 cm³/mol. The summed E-state index contributed by atoms with van der Waals surface area (Å²) in [5.41, 5.74) is 2.81. The van der Waals surface area contributed by atoms with Crippen LogP contribution in [0, 0.1) is 0 Å². The molecule has 1 aliphatic rings. The number of amides is 2. The Kier molecular flexibility index (Phi) is 5.67. The van der Waals surface area contributed by atoms with Crippen molar-refractivity contribution in [3.8, 4) is 0 Å². The predicted octanol–water partition coefficient (Wildman–Crippen LogP) is 3.30. The summed E-state index contributed by atoms with van der Waals surface area (Å²) in [5, 5.41) is 5.74. The van der Waals surface area contributed by atoms with E-state index in [1.54, 1.807) is 36.8 Å². The first-order valence-corrected chi connectivity index (χ1v) is 9.56. The van der Waals surface area contributed by atoms with Gasteiger partial charge in [0.2, 0.25) is 0 Å². The lowest BCUT2D eigenvalue weighted by atomic mass is 10.1. The third-order valence-electron chi connectivity index (χ3n) is 4.72. The van der Waals surface area contributed by atoms with Crippen molar-refractivity contribution in [3.63, 3.8) is 0 Å². The Morgan fingerprint density at radius 2 is 1.93 bits per heavy atom. The van der Waals surface area contributed by atoms with Crippen molar-refractivity contribution in [3.05, 3.63) is 78.4 Å². The first kappa shape index (κ1) is 18.9. The smallest absolute Gasteiger partial charge is 0.255 e. The van der Waals surface area contributed by atoms with E-state index in [2.05, 4.69) is 15.6 Å². The molecule has 2 N–H and O–H groups in total. The van der Waals surface area contributed by atoms with Gasteiger partial charge in [0.25, 0.3) is 11.8 Å². The SMILES string of the molecule is O=C(Nc1cccc(Cn2ccnc2)c1)c1cccc(NC(=O)C2CCCO2)c1. The van der Waals surface area contributed by atoms with Crippen molar-refractivity contribution in [2.45, 2.75) is 25.5 Å². The summed E-state index contributed by atoms with van der Waals surface area (Å²) in [6, 6.07) is 14.6. The molecule has 0 radical (unpaired) electrons. The Morgan fingerprint density at radius 1 is 1.10 bits per heavy atom. The molecule has 29 heavy (non-hydrogen) atoms. The number of aromatic nitrogens is 2. The van der Waals surface area contributed by atoms with E-state index in [9.17, 15) is 9.59 Å². The van der Waals surface area contributed by atoms with Crippen LogP contribution in [0.1, 0.15) is 28.8 Å². The van der Waals surface area contributed by atoms with Crippen LogP contribution >= 0.6 is 0 Å². The minimum atomic E-state index is -0.411. The second-order valence-electron chi connectivity index (χ2n) is 6.96. The monoisotopic (exact) mass is 390 g/mol. The summed E-state index contributed by atoms with van der Waals surface area (Å²) < 4.78 is 7.35. The topological polar surface area (TPSA) is 85.3 Å². The van der Waals surface area contributed by atoms with Crippen molar-refractivity contribution in [1.82, 2.24) is 9.55 Å². The Hall–Kier alpha value is -3.45. The first-order chi connectivity index (χ1) is 14.2. The zero-order valence-electron chi connectivity index (χ0n) is 15.9. The van der Waals surface area contributed by atoms with Gasteiger partial charge in [-0.15, -0.1) is 0 Å². The van der Waals surface area contributed by atoms with Crippen LogP contribution in [-0.2, 0) is 16.1 Å². The van der Waals surface area contributed by atoms with Gasteiger partial charge >= 0.3 is 0 Å². The average Bonchev–Trinajstić information content (AvgIpc) is 3.43. The number of nitrogens with one attached hydrogen (secondary N) is 2. The Labute approximate surface area is 168 Å². The van der Waals surface area contributed by atoms with Crippen LogP contribution in [0.2, 0.25) is 0 Å². The third-order valence-corrected chi connectivity index (χ3v) is 4.72. The van der Waals surface area contributed by atoms with Gasteiger partial charge in [0.05, 0.1) is 6.33 Å². The van der Waals surface area contributed by atoms with Crippen LogP contribution in [0.3, 0.4) is 0 Å². The summed E-state index contributed by atoms with van der Waals surface area (Å²) in [7, 11) is 0. The second kappa shape index (κ2) is 8.70. The average molecular weight is 390 g/mol. The molecule has 1 atom stereocenters. The highest BCUT2D eigenvalue weighted by Gasteiger charge is 2.23. The molecule has 1 saturated heterocycles. The normalized spacial score (nSPS) is 15.8. The van der Waals surface area contributed by atoms with Crippen LogP contribution in [0.5, 0.6) is 0 Å². The van der Waals surface area contributed by atoms with Gasteiger partial charge in [-0.05, 0) is 48.7 Å². The fourth-order valence-electron chi connectivity index (χ4n) is 3.29. The number of hydrogen-bond donors (Lipinski definition) is 2. The molecule has 3 aromatic rings. The van der Waals surface area contributed by atoms with Crippen LogP contribution in [0.25, 0.3) is 0 Å². The molecular formula is C22H22N4O3. The van der Waals surface area contributed by atoms with E-state index >= 15 is 0 Å². The van der Waals surface area contributed by atoms with E-state index in [-0.39, 0.29) is 11.8 Å². The third kappa shape index (κ3) is 4.89. The standard InChI is InChI=1S/C22H22N4O3/c27-21(24-18-6-1-4-16(12-18)14-26-10-9-23-15-26)17-5-2-7-19(13-17)25-22(28)20-8-3-11-29-20/h1-2,4-7,9-10,12-13,15,20H,3,8,11,14H2,(H,24,27)(H,25,28). The number of benzene rings is 2. The quantitative estimate of drug-likeness (QED) is 0.676. The number of ether oxygens (including phenoxy) is 1. The molecule has 148 valence electrons. The molecule has 1 aromatic heterocycles. The molecule has 2 heterocycles. The number of rotatable bonds is 6. The van der Waals surface area contributed by atoms with Crippen molar-refractivity contribution in [2.24, 2.45) is 0 Å². The Bertz CT molecular complexity index is 995. The van der Waals surface area contributed by atoms with Gasteiger partial charge in [-0.2, -0.15) is 0 Å². The lowest BCUT2D eigenvalue weighted by Crippen LogP contribution is -2.27. The number of imidazole rings is 1. The maximum absolute atomic E-state index is 12.7. The van der Waals surface area contributed by atoms with Gasteiger partial charge in [-0.1, -0.05) is 18.2 Å². The molecule has 0 bridgehead atoms. The van der Waals surface area contributed by atoms with Crippen molar-refractivity contribution in [1.29, 1.82) is 0 Å². The van der Waals surface area contributed by atoms with Crippen LogP contribution in [0.4, 0.5) is 11.4 Å². The van der Waals surface area contributed by atoms with Crippen LogP contribution in [-0.4, -0.2) is 34.1 Å². The fraction of sp³-hybridized carbons (Fsp3) is 0.227. The second-order valence-corrected chi connectivity index (χ2v) is 6.96. The lowest BCUT2D eigenvalue weighted by molar-refractivity contribution is -0.124. The molecule has 2 aromatic carbocycles.